The van der Waals surface area contributed by atoms with Crippen LogP contribution in [0.5, 0.6) is 0 Å². The van der Waals surface area contributed by atoms with Gasteiger partial charge in [0.25, 0.3) is 5.97 Å². The largest absolute Gasteiger partial charge is 0.481 e. The molecule has 1 heterocycles. The first-order valence-corrected chi connectivity index (χ1v) is 19.6. The zero-order valence-electron chi connectivity index (χ0n) is 33.1. The summed E-state index contributed by atoms with van der Waals surface area (Å²) in [5.41, 5.74) is 7.00. The molecule has 4 atom stereocenters. The first kappa shape index (κ1) is 48.0. The summed E-state index contributed by atoms with van der Waals surface area (Å²) in [4.78, 5) is 102. The number of ether oxygens (including phenoxy) is 1. The molecular weight excluding hydrogens is 775 g/mol. The molecule has 0 spiro atoms. The van der Waals surface area contributed by atoms with Crippen LogP contribution in [-0.4, -0.2) is 111 Å². The SMILES string of the molecule is CC(=O)O.CSCC[C@H](NC(=O)[C@H](Cc1c[nH]c2ccccc12)NC(=O)CCNC(=O)OC(C)(C)C)C(=O)N[C@@H](CC(=O)O)C(=O)N[C@@H](Cc1ccccc1)C(N)=O. The minimum absolute atomic E-state index is 0.0257. The number of carboxylic acids is 2. The van der Waals surface area contributed by atoms with Gasteiger partial charge in [0.05, 0.1) is 6.42 Å². The summed E-state index contributed by atoms with van der Waals surface area (Å²) in [6.07, 6.45) is 1.93. The number of fused-ring (bicyclic) bond motifs is 1. The Bertz CT molecular complexity index is 1880. The molecule has 0 bridgehead atoms. The number of aromatic amines is 1. The van der Waals surface area contributed by atoms with Crippen LogP contribution in [-0.2, 0) is 51.1 Å². The average Bonchev–Trinajstić information content (AvgIpc) is 3.54. The van der Waals surface area contributed by atoms with Crippen molar-refractivity contribution in [2.45, 2.75) is 89.6 Å². The number of carbonyl (C=O) groups excluding carboxylic acids is 6. The Morgan fingerprint density at radius 2 is 1.36 bits per heavy atom. The van der Waals surface area contributed by atoms with Gasteiger partial charge in [-0.3, -0.25) is 33.6 Å². The van der Waals surface area contributed by atoms with Crippen LogP contribution in [0.4, 0.5) is 4.79 Å². The Balaban J connectivity index is 0.00000276. The zero-order valence-corrected chi connectivity index (χ0v) is 33.9. The van der Waals surface area contributed by atoms with E-state index in [0.29, 0.717) is 16.9 Å². The lowest BCUT2D eigenvalue weighted by Gasteiger charge is -2.26. The van der Waals surface area contributed by atoms with Crippen LogP contribution in [0.2, 0.25) is 0 Å². The van der Waals surface area contributed by atoms with E-state index < -0.39 is 83.8 Å². The number of carbonyl (C=O) groups is 8. The molecule has 0 saturated heterocycles. The molecule has 0 aliphatic heterocycles. The molecule has 10 N–H and O–H groups in total. The highest BCUT2D eigenvalue weighted by Crippen LogP contribution is 2.19. The minimum atomic E-state index is -1.62. The predicted octanol–water partition coefficient (Wildman–Crippen LogP) is 1.61. The quantitative estimate of drug-likeness (QED) is 0.0786. The summed E-state index contributed by atoms with van der Waals surface area (Å²) in [6, 6.07) is 10.8. The summed E-state index contributed by atoms with van der Waals surface area (Å²) in [5.74, 6) is -5.78. The molecule has 6 amide bonds. The Kier molecular flexibility index (Phi) is 19.7. The molecule has 58 heavy (non-hydrogen) atoms. The summed E-state index contributed by atoms with van der Waals surface area (Å²) in [5, 5.41) is 30.6. The van der Waals surface area contributed by atoms with Crippen LogP contribution in [0, 0.1) is 0 Å². The summed E-state index contributed by atoms with van der Waals surface area (Å²) in [7, 11) is 0. The molecule has 0 saturated carbocycles. The third-order valence-corrected chi connectivity index (χ3v) is 8.61. The Morgan fingerprint density at radius 1 is 0.793 bits per heavy atom. The molecule has 0 aliphatic carbocycles. The number of para-hydroxylation sites is 1. The first-order valence-electron chi connectivity index (χ1n) is 18.2. The van der Waals surface area contributed by atoms with Crippen molar-refractivity contribution in [3.05, 3.63) is 71.9 Å². The highest BCUT2D eigenvalue weighted by molar-refractivity contribution is 7.98. The molecule has 0 radical (unpaired) electrons. The van der Waals surface area contributed by atoms with E-state index in [1.54, 1.807) is 63.6 Å². The number of hydrogen-bond acceptors (Lipinski definition) is 10. The Morgan fingerprint density at radius 3 is 1.97 bits per heavy atom. The number of rotatable bonds is 20. The molecule has 19 heteroatoms. The van der Waals surface area contributed by atoms with E-state index in [1.165, 1.54) is 11.8 Å². The lowest BCUT2D eigenvalue weighted by Crippen LogP contribution is -2.59. The lowest BCUT2D eigenvalue weighted by atomic mass is 10.0. The highest BCUT2D eigenvalue weighted by atomic mass is 32.2. The minimum Gasteiger partial charge on any atom is -0.481 e. The van der Waals surface area contributed by atoms with Crippen molar-refractivity contribution in [1.82, 2.24) is 31.6 Å². The van der Waals surface area contributed by atoms with Gasteiger partial charge < -0.3 is 52.3 Å². The number of nitrogens with one attached hydrogen (secondary N) is 6. The van der Waals surface area contributed by atoms with E-state index in [1.807, 2.05) is 24.3 Å². The van der Waals surface area contributed by atoms with E-state index in [9.17, 15) is 38.7 Å². The number of carboxylic acid groups (broad SMARTS) is 2. The Hall–Kier alpha value is -6.11. The molecule has 3 rings (SSSR count). The first-order chi connectivity index (χ1) is 27.3. The van der Waals surface area contributed by atoms with Crippen molar-refractivity contribution >= 4 is 70.2 Å². The van der Waals surface area contributed by atoms with E-state index in [2.05, 4.69) is 31.6 Å². The van der Waals surface area contributed by atoms with E-state index in [4.69, 9.17) is 20.4 Å². The van der Waals surface area contributed by atoms with Gasteiger partial charge in [-0.1, -0.05) is 48.5 Å². The molecule has 0 unspecified atom stereocenters. The van der Waals surface area contributed by atoms with Crippen LogP contribution in [0.1, 0.15) is 58.1 Å². The van der Waals surface area contributed by atoms with Gasteiger partial charge in [0.15, 0.2) is 0 Å². The second kappa shape index (κ2) is 23.8. The number of H-pyrrole nitrogens is 1. The van der Waals surface area contributed by atoms with Crippen LogP contribution >= 0.6 is 11.8 Å². The fourth-order valence-electron chi connectivity index (χ4n) is 5.37. The van der Waals surface area contributed by atoms with Gasteiger partial charge >= 0.3 is 12.1 Å². The number of amides is 6. The second-order valence-electron chi connectivity index (χ2n) is 14.0. The molecule has 316 valence electrons. The van der Waals surface area contributed by atoms with Crippen LogP contribution < -0.4 is 32.3 Å². The van der Waals surface area contributed by atoms with Crippen molar-refractivity contribution in [2.75, 3.05) is 18.6 Å². The van der Waals surface area contributed by atoms with Gasteiger partial charge in [-0.05, 0) is 56.4 Å². The molecule has 0 fully saturated rings. The second-order valence-corrected chi connectivity index (χ2v) is 15.0. The number of aromatic nitrogens is 1. The number of aliphatic carboxylic acids is 2. The molecule has 3 aromatic rings. The lowest BCUT2D eigenvalue weighted by molar-refractivity contribution is -0.141. The third-order valence-electron chi connectivity index (χ3n) is 7.97. The maximum atomic E-state index is 13.9. The third kappa shape index (κ3) is 18.2. The fourth-order valence-corrected chi connectivity index (χ4v) is 5.84. The van der Waals surface area contributed by atoms with Gasteiger partial charge in [0, 0.05) is 49.8 Å². The van der Waals surface area contributed by atoms with E-state index in [0.717, 1.165) is 17.8 Å². The number of primary amides is 1. The highest BCUT2D eigenvalue weighted by Gasteiger charge is 2.32. The average molecular weight is 828 g/mol. The van der Waals surface area contributed by atoms with Crippen molar-refractivity contribution in [1.29, 1.82) is 0 Å². The van der Waals surface area contributed by atoms with Crippen LogP contribution in [0.15, 0.2) is 60.8 Å². The van der Waals surface area contributed by atoms with Crippen molar-refractivity contribution < 1.29 is 53.3 Å². The Labute approximate surface area is 340 Å². The fraction of sp³-hybridized carbons (Fsp3) is 0.436. The smallest absolute Gasteiger partial charge is 0.407 e. The molecular formula is C39H53N7O11S. The van der Waals surface area contributed by atoms with Gasteiger partial charge in [-0.15, -0.1) is 0 Å². The predicted molar refractivity (Wildman–Crippen MR) is 216 cm³/mol. The molecule has 18 nitrogen and oxygen atoms in total. The molecule has 2 aromatic carbocycles. The maximum absolute atomic E-state index is 13.9. The van der Waals surface area contributed by atoms with Gasteiger partial charge in [0.2, 0.25) is 29.5 Å². The number of benzene rings is 2. The summed E-state index contributed by atoms with van der Waals surface area (Å²) in [6.45, 7) is 6.12. The van der Waals surface area contributed by atoms with Gasteiger partial charge in [-0.25, -0.2) is 4.79 Å². The monoisotopic (exact) mass is 827 g/mol. The van der Waals surface area contributed by atoms with E-state index in [-0.39, 0.29) is 32.2 Å². The normalized spacial score (nSPS) is 12.9. The number of nitrogens with two attached hydrogens (primary N) is 1. The topological polar surface area (TPSA) is 288 Å². The van der Waals surface area contributed by atoms with Gasteiger partial charge in [-0.2, -0.15) is 11.8 Å². The van der Waals surface area contributed by atoms with Crippen LogP contribution in [0.3, 0.4) is 0 Å². The summed E-state index contributed by atoms with van der Waals surface area (Å²) < 4.78 is 5.20. The summed E-state index contributed by atoms with van der Waals surface area (Å²) >= 11 is 1.39. The van der Waals surface area contributed by atoms with Crippen molar-refractivity contribution in [3.63, 3.8) is 0 Å². The maximum Gasteiger partial charge on any atom is 0.407 e. The van der Waals surface area contributed by atoms with Gasteiger partial charge in [0.1, 0.15) is 29.8 Å². The number of thioether (sulfide) groups is 1. The van der Waals surface area contributed by atoms with E-state index >= 15 is 0 Å². The molecule has 0 aliphatic rings. The number of hydrogen-bond donors (Lipinski definition) is 9. The van der Waals surface area contributed by atoms with Crippen molar-refractivity contribution in [3.8, 4) is 0 Å². The van der Waals surface area contributed by atoms with Crippen LogP contribution in [0.25, 0.3) is 10.9 Å². The standard InChI is InChI=1S/C37H49N7O9S.C2H4O2/c1-37(2,3)53-36(52)39-16-14-30(45)41-28(19-23-21-40-25-13-9-8-12-24(23)25)34(50)42-26(15-17-54-4)33(49)44-29(20-31(46)47)35(51)43-27(32(38)48)18-22-10-6-5-7-11-22;1-2(3)4/h5-13,21,26-29,40H,14-20H2,1-4H3,(H2,38,48)(H,39,52)(H,41,45)(H,42,50)(H,43,51)(H,44,49)(H,46,47);1H3,(H,3,4)/t26-,27-,28-,29-;/m0./s1. The number of alkyl carbamates (subject to hydrolysis) is 1. The van der Waals surface area contributed by atoms with Crippen molar-refractivity contribution in [2.24, 2.45) is 5.73 Å². The zero-order chi connectivity index (χ0) is 43.4. The molecule has 1 aromatic heterocycles.